The van der Waals surface area contributed by atoms with Crippen LogP contribution in [0.5, 0.6) is 0 Å². The van der Waals surface area contributed by atoms with Crippen molar-refractivity contribution < 1.29 is 9.59 Å². The molecule has 1 saturated carbocycles. The van der Waals surface area contributed by atoms with E-state index < -0.39 is 5.91 Å². The normalized spacial score (nSPS) is 23.8. The maximum absolute atomic E-state index is 12.3. The summed E-state index contributed by atoms with van der Waals surface area (Å²) in [4.78, 5) is 23.7. The van der Waals surface area contributed by atoms with Crippen molar-refractivity contribution in [1.29, 1.82) is 0 Å². The molecule has 2 rings (SSSR count). The first-order chi connectivity index (χ1) is 10.3. The molecule has 2 atom stereocenters. The fraction of sp³-hybridized carbons (Fsp3) is 0.556. The second-order valence-electron chi connectivity index (χ2n) is 7.44. The molecular formula is C18H26N2O2. The number of anilines is 1. The van der Waals surface area contributed by atoms with Gasteiger partial charge in [0.05, 0.1) is 11.3 Å². The van der Waals surface area contributed by atoms with E-state index in [-0.39, 0.29) is 5.91 Å². The van der Waals surface area contributed by atoms with Crippen LogP contribution < -0.4 is 11.1 Å². The highest BCUT2D eigenvalue weighted by Gasteiger charge is 2.32. The Kier molecular flexibility index (Phi) is 4.89. The summed E-state index contributed by atoms with van der Waals surface area (Å²) in [7, 11) is 0. The van der Waals surface area contributed by atoms with Gasteiger partial charge in [-0.15, -0.1) is 0 Å². The molecule has 0 aromatic heterocycles. The first-order valence-corrected chi connectivity index (χ1v) is 7.95. The van der Waals surface area contributed by atoms with Crippen LogP contribution in [-0.2, 0) is 4.79 Å². The number of rotatable bonds is 4. The molecule has 2 amide bonds. The summed E-state index contributed by atoms with van der Waals surface area (Å²) in [5, 5.41) is 2.84. The van der Waals surface area contributed by atoms with Gasteiger partial charge in [0.25, 0.3) is 5.91 Å². The Morgan fingerprint density at radius 3 is 2.59 bits per heavy atom. The second kappa shape index (κ2) is 6.51. The summed E-state index contributed by atoms with van der Waals surface area (Å²) in [5.41, 5.74) is 6.50. The van der Waals surface area contributed by atoms with Gasteiger partial charge in [-0.25, -0.2) is 0 Å². The van der Waals surface area contributed by atoms with Gasteiger partial charge < -0.3 is 11.1 Å². The maximum Gasteiger partial charge on any atom is 0.250 e. The largest absolute Gasteiger partial charge is 0.366 e. The molecule has 4 nitrogen and oxygen atoms in total. The molecule has 4 heteroatoms. The van der Waals surface area contributed by atoms with Crippen LogP contribution in [-0.4, -0.2) is 11.8 Å². The van der Waals surface area contributed by atoms with Crippen LogP contribution in [0.15, 0.2) is 24.3 Å². The van der Waals surface area contributed by atoms with Crippen molar-refractivity contribution in [2.24, 2.45) is 23.0 Å². The minimum absolute atomic E-state index is 0.0383. The topological polar surface area (TPSA) is 72.2 Å². The van der Waals surface area contributed by atoms with Crippen molar-refractivity contribution in [3.05, 3.63) is 29.8 Å². The Hall–Kier alpha value is -1.84. The van der Waals surface area contributed by atoms with Crippen LogP contribution in [0.25, 0.3) is 0 Å². The number of nitrogens with two attached hydrogens (primary N) is 1. The van der Waals surface area contributed by atoms with Crippen molar-refractivity contribution in [3.8, 4) is 0 Å². The summed E-state index contributed by atoms with van der Waals surface area (Å²) in [6.45, 7) is 6.81. The number of hydrogen-bond donors (Lipinski definition) is 2. The number of benzene rings is 1. The number of primary amides is 1. The third-order valence-electron chi connectivity index (χ3n) is 4.42. The molecule has 1 aliphatic carbocycles. The quantitative estimate of drug-likeness (QED) is 0.892. The molecule has 1 fully saturated rings. The van der Waals surface area contributed by atoms with Crippen LogP contribution in [0.3, 0.4) is 0 Å². The Morgan fingerprint density at radius 2 is 1.95 bits per heavy atom. The van der Waals surface area contributed by atoms with Gasteiger partial charge in [-0.1, -0.05) is 32.9 Å². The summed E-state index contributed by atoms with van der Waals surface area (Å²) >= 11 is 0. The molecular weight excluding hydrogens is 276 g/mol. The Bertz CT molecular complexity index is 566. The minimum Gasteiger partial charge on any atom is -0.366 e. The lowest BCUT2D eigenvalue weighted by Gasteiger charge is -2.38. The molecule has 22 heavy (non-hydrogen) atoms. The van der Waals surface area contributed by atoms with E-state index in [0.717, 1.165) is 12.8 Å². The van der Waals surface area contributed by atoms with Crippen molar-refractivity contribution in [2.45, 2.75) is 46.5 Å². The fourth-order valence-corrected chi connectivity index (χ4v) is 3.97. The summed E-state index contributed by atoms with van der Waals surface area (Å²) in [5.74, 6) is 0.492. The number of hydrogen-bond acceptors (Lipinski definition) is 2. The summed E-state index contributed by atoms with van der Waals surface area (Å²) in [6.07, 6.45) is 3.88. The first kappa shape index (κ1) is 16.5. The SMILES string of the molecule is CC1CC(CC(=O)Nc2ccccc2C(N)=O)CC(C)(C)C1. The van der Waals surface area contributed by atoms with E-state index in [9.17, 15) is 9.59 Å². The number of carbonyl (C=O) groups is 2. The zero-order chi connectivity index (χ0) is 16.3. The van der Waals surface area contributed by atoms with Gasteiger partial charge in [-0.2, -0.15) is 0 Å². The smallest absolute Gasteiger partial charge is 0.250 e. The number of carbonyl (C=O) groups excluding carboxylic acids is 2. The van der Waals surface area contributed by atoms with Gasteiger partial charge in [-0.3, -0.25) is 9.59 Å². The Balaban J connectivity index is 2.00. The van der Waals surface area contributed by atoms with Crippen LogP contribution >= 0.6 is 0 Å². The van der Waals surface area contributed by atoms with E-state index >= 15 is 0 Å². The molecule has 2 unspecified atom stereocenters. The molecule has 0 bridgehead atoms. The molecule has 3 N–H and O–H groups in total. The fourth-order valence-electron chi connectivity index (χ4n) is 3.97. The van der Waals surface area contributed by atoms with E-state index in [2.05, 4.69) is 26.1 Å². The van der Waals surface area contributed by atoms with E-state index in [1.165, 1.54) is 6.42 Å². The summed E-state index contributed by atoms with van der Waals surface area (Å²) in [6, 6.07) is 6.87. The molecule has 1 aliphatic rings. The van der Waals surface area contributed by atoms with Gasteiger partial charge in [0.2, 0.25) is 5.91 Å². The molecule has 0 radical (unpaired) electrons. The lowest BCUT2D eigenvalue weighted by molar-refractivity contribution is -0.117. The van der Waals surface area contributed by atoms with Crippen molar-refractivity contribution in [3.63, 3.8) is 0 Å². The lowest BCUT2D eigenvalue weighted by Crippen LogP contribution is -2.30. The van der Waals surface area contributed by atoms with Gasteiger partial charge >= 0.3 is 0 Å². The number of nitrogens with one attached hydrogen (secondary N) is 1. The highest BCUT2D eigenvalue weighted by Crippen LogP contribution is 2.42. The van der Waals surface area contributed by atoms with E-state index in [4.69, 9.17) is 5.73 Å². The Labute approximate surface area is 132 Å². The van der Waals surface area contributed by atoms with Gasteiger partial charge in [0.1, 0.15) is 0 Å². The molecule has 120 valence electrons. The van der Waals surface area contributed by atoms with Gasteiger partial charge in [-0.05, 0) is 48.6 Å². The third-order valence-corrected chi connectivity index (χ3v) is 4.42. The summed E-state index contributed by atoms with van der Waals surface area (Å²) < 4.78 is 0. The van der Waals surface area contributed by atoms with Gasteiger partial charge in [0.15, 0.2) is 0 Å². The van der Waals surface area contributed by atoms with Crippen LogP contribution in [0.4, 0.5) is 5.69 Å². The Morgan fingerprint density at radius 1 is 1.27 bits per heavy atom. The zero-order valence-electron chi connectivity index (χ0n) is 13.7. The second-order valence-corrected chi connectivity index (χ2v) is 7.44. The average Bonchev–Trinajstić information content (AvgIpc) is 2.36. The molecule has 1 aromatic rings. The van der Waals surface area contributed by atoms with Crippen molar-refractivity contribution in [1.82, 2.24) is 0 Å². The highest BCUT2D eigenvalue weighted by molar-refractivity contribution is 6.02. The zero-order valence-corrected chi connectivity index (χ0v) is 13.7. The molecule has 1 aromatic carbocycles. The van der Waals surface area contributed by atoms with Crippen molar-refractivity contribution >= 4 is 17.5 Å². The average molecular weight is 302 g/mol. The van der Waals surface area contributed by atoms with Crippen LogP contribution in [0.1, 0.15) is 56.8 Å². The predicted molar refractivity (Wildman–Crippen MR) is 88.5 cm³/mol. The van der Waals surface area contributed by atoms with E-state index in [1.807, 2.05) is 0 Å². The predicted octanol–water partition coefficient (Wildman–Crippen LogP) is 3.58. The van der Waals surface area contributed by atoms with Crippen LogP contribution in [0.2, 0.25) is 0 Å². The highest BCUT2D eigenvalue weighted by atomic mass is 16.2. The molecule has 0 heterocycles. The maximum atomic E-state index is 12.3. The lowest BCUT2D eigenvalue weighted by atomic mass is 9.67. The van der Waals surface area contributed by atoms with Crippen LogP contribution in [0, 0.1) is 17.3 Å². The minimum atomic E-state index is -0.525. The monoisotopic (exact) mass is 302 g/mol. The molecule has 0 aliphatic heterocycles. The van der Waals surface area contributed by atoms with Gasteiger partial charge in [0, 0.05) is 6.42 Å². The molecule has 0 saturated heterocycles. The van der Waals surface area contributed by atoms with E-state index in [0.29, 0.717) is 34.9 Å². The first-order valence-electron chi connectivity index (χ1n) is 7.95. The number of amides is 2. The van der Waals surface area contributed by atoms with Crippen molar-refractivity contribution in [2.75, 3.05) is 5.32 Å². The number of para-hydroxylation sites is 1. The van der Waals surface area contributed by atoms with E-state index in [1.54, 1.807) is 24.3 Å². The standard InChI is InChI=1S/C18H26N2O2/c1-12-8-13(11-18(2,3)10-12)9-16(21)20-15-7-5-4-6-14(15)17(19)22/h4-7,12-13H,8-11H2,1-3H3,(H2,19,22)(H,20,21). The third kappa shape index (κ3) is 4.33. The molecule has 0 spiro atoms.